The van der Waals surface area contributed by atoms with Crippen LogP contribution in [0.1, 0.15) is 19.3 Å². The molecule has 3 rings (SSSR count). The van der Waals surface area contributed by atoms with Crippen molar-refractivity contribution in [1.29, 1.82) is 0 Å². The zero-order valence-electron chi connectivity index (χ0n) is 10.8. The van der Waals surface area contributed by atoms with Crippen molar-refractivity contribution < 1.29 is 4.74 Å². The molecular weight excluding hydrogens is 240 g/mol. The van der Waals surface area contributed by atoms with Gasteiger partial charge in [0.1, 0.15) is 0 Å². The first-order valence-electron chi connectivity index (χ1n) is 6.66. The fourth-order valence-electron chi connectivity index (χ4n) is 2.48. The Labute approximate surface area is 112 Å². The van der Waals surface area contributed by atoms with Crippen LogP contribution in [0.5, 0.6) is 0 Å². The molecule has 1 aliphatic heterocycles. The molecule has 2 aromatic rings. The normalized spacial score (nSPS) is 19.5. The Morgan fingerprint density at radius 1 is 1.32 bits per heavy atom. The number of hydrogen-bond donors (Lipinski definition) is 1. The number of imidazole rings is 1. The Hall–Kier alpha value is -1.88. The molecule has 1 saturated heterocycles. The lowest BCUT2D eigenvalue weighted by molar-refractivity contribution is 0.00622. The summed E-state index contributed by atoms with van der Waals surface area (Å²) >= 11 is 0. The Morgan fingerprint density at radius 3 is 3.05 bits per heavy atom. The van der Waals surface area contributed by atoms with Crippen molar-refractivity contribution in [2.24, 2.45) is 0 Å². The molecule has 100 valence electrons. The molecular formula is C14H18N4O. The van der Waals surface area contributed by atoms with Crippen LogP contribution < -0.4 is 5.73 Å². The van der Waals surface area contributed by atoms with Crippen LogP contribution in [0.3, 0.4) is 0 Å². The summed E-state index contributed by atoms with van der Waals surface area (Å²) in [4.78, 5) is 8.37. The maximum atomic E-state index is 6.00. The summed E-state index contributed by atoms with van der Waals surface area (Å²) < 4.78 is 7.88. The van der Waals surface area contributed by atoms with E-state index in [1.54, 1.807) is 12.4 Å². The number of anilines is 1. The van der Waals surface area contributed by atoms with E-state index in [2.05, 4.69) is 14.5 Å². The average molecular weight is 258 g/mol. The zero-order valence-corrected chi connectivity index (χ0v) is 10.8. The van der Waals surface area contributed by atoms with Gasteiger partial charge in [-0.25, -0.2) is 4.98 Å². The molecule has 0 bridgehead atoms. The van der Waals surface area contributed by atoms with Crippen LogP contribution in [-0.4, -0.2) is 27.2 Å². The highest BCUT2D eigenvalue weighted by Crippen LogP contribution is 2.25. The standard InChI is InChI=1S/C14H18N4O/c15-13-4-5-16-7-12(13)14-8-17-10-18(14)9-11-3-1-2-6-19-11/h4-5,7-8,10-11H,1-3,6,9H2,(H2,15,16). The molecule has 19 heavy (non-hydrogen) atoms. The molecule has 0 saturated carbocycles. The SMILES string of the molecule is Nc1ccncc1-c1cncn1CC1CCCCO1. The van der Waals surface area contributed by atoms with E-state index in [4.69, 9.17) is 10.5 Å². The van der Waals surface area contributed by atoms with Crippen molar-refractivity contribution in [1.82, 2.24) is 14.5 Å². The summed E-state index contributed by atoms with van der Waals surface area (Å²) in [5, 5.41) is 0. The fraction of sp³-hybridized carbons (Fsp3) is 0.429. The highest BCUT2D eigenvalue weighted by atomic mass is 16.5. The van der Waals surface area contributed by atoms with Gasteiger partial charge in [-0.15, -0.1) is 0 Å². The zero-order chi connectivity index (χ0) is 13.1. The fourth-order valence-corrected chi connectivity index (χ4v) is 2.48. The van der Waals surface area contributed by atoms with Crippen molar-refractivity contribution in [3.63, 3.8) is 0 Å². The second-order valence-corrected chi connectivity index (χ2v) is 4.88. The molecule has 3 heterocycles. The number of rotatable bonds is 3. The highest BCUT2D eigenvalue weighted by Gasteiger charge is 2.17. The van der Waals surface area contributed by atoms with Gasteiger partial charge in [0.25, 0.3) is 0 Å². The minimum absolute atomic E-state index is 0.277. The van der Waals surface area contributed by atoms with Gasteiger partial charge in [-0.05, 0) is 25.3 Å². The largest absolute Gasteiger partial charge is 0.398 e. The van der Waals surface area contributed by atoms with Crippen LogP contribution in [-0.2, 0) is 11.3 Å². The quantitative estimate of drug-likeness (QED) is 0.915. The van der Waals surface area contributed by atoms with Crippen molar-refractivity contribution in [3.05, 3.63) is 31.0 Å². The monoisotopic (exact) mass is 258 g/mol. The Morgan fingerprint density at radius 2 is 2.26 bits per heavy atom. The number of aromatic nitrogens is 3. The van der Waals surface area contributed by atoms with Gasteiger partial charge >= 0.3 is 0 Å². The highest BCUT2D eigenvalue weighted by molar-refractivity contribution is 5.72. The lowest BCUT2D eigenvalue weighted by Crippen LogP contribution is -2.24. The first-order chi connectivity index (χ1) is 9.34. The van der Waals surface area contributed by atoms with Gasteiger partial charge in [-0.2, -0.15) is 0 Å². The van der Waals surface area contributed by atoms with Crippen molar-refractivity contribution in [2.45, 2.75) is 31.9 Å². The summed E-state index contributed by atoms with van der Waals surface area (Å²) in [6, 6.07) is 1.81. The van der Waals surface area contributed by atoms with E-state index >= 15 is 0 Å². The number of nitrogens with two attached hydrogens (primary N) is 1. The molecule has 1 unspecified atom stereocenters. The van der Waals surface area contributed by atoms with Gasteiger partial charge in [0, 0.05) is 30.3 Å². The molecule has 0 aliphatic carbocycles. The first kappa shape index (κ1) is 12.2. The number of nitrogen functional groups attached to an aromatic ring is 1. The lowest BCUT2D eigenvalue weighted by Gasteiger charge is -2.23. The molecule has 0 aromatic carbocycles. The minimum Gasteiger partial charge on any atom is -0.398 e. The third kappa shape index (κ3) is 2.61. The second-order valence-electron chi connectivity index (χ2n) is 4.88. The summed E-state index contributed by atoms with van der Waals surface area (Å²) in [5.74, 6) is 0. The Balaban J connectivity index is 1.84. The van der Waals surface area contributed by atoms with Crippen LogP contribution in [0, 0.1) is 0 Å². The molecule has 1 aliphatic rings. The van der Waals surface area contributed by atoms with E-state index in [0.29, 0.717) is 0 Å². The first-order valence-corrected chi connectivity index (χ1v) is 6.66. The van der Waals surface area contributed by atoms with Crippen LogP contribution in [0.25, 0.3) is 11.3 Å². The van der Waals surface area contributed by atoms with E-state index < -0.39 is 0 Å². The van der Waals surface area contributed by atoms with E-state index in [9.17, 15) is 0 Å². The Kier molecular flexibility index (Phi) is 3.46. The van der Waals surface area contributed by atoms with Crippen molar-refractivity contribution in [2.75, 3.05) is 12.3 Å². The predicted octanol–water partition coefficient (Wildman–Crippen LogP) is 2.10. The maximum Gasteiger partial charge on any atom is 0.0951 e. The van der Waals surface area contributed by atoms with Crippen LogP contribution >= 0.6 is 0 Å². The van der Waals surface area contributed by atoms with Crippen LogP contribution in [0.2, 0.25) is 0 Å². The molecule has 1 fully saturated rings. The van der Waals surface area contributed by atoms with Crippen molar-refractivity contribution in [3.8, 4) is 11.3 Å². The van der Waals surface area contributed by atoms with Crippen LogP contribution in [0.15, 0.2) is 31.0 Å². The summed E-state index contributed by atoms with van der Waals surface area (Å²) in [6.45, 7) is 1.69. The molecule has 5 heteroatoms. The number of pyridine rings is 1. The van der Waals surface area contributed by atoms with Gasteiger partial charge in [0.15, 0.2) is 0 Å². The average Bonchev–Trinajstić information content (AvgIpc) is 2.88. The molecule has 0 radical (unpaired) electrons. The van der Waals surface area contributed by atoms with Gasteiger partial charge in [0.2, 0.25) is 0 Å². The summed E-state index contributed by atoms with van der Waals surface area (Å²) in [7, 11) is 0. The predicted molar refractivity (Wildman–Crippen MR) is 73.5 cm³/mol. The summed E-state index contributed by atoms with van der Waals surface area (Å²) in [6.07, 6.45) is 10.9. The number of nitrogens with zero attached hydrogens (tertiary/aromatic N) is 3. The molecule has 0 amide bonds. The molecule has 2 aromatic heterocycles. The van der Waals surface area contributed by atoms with Crippen LogP contribution in [0.4, 0.5) is 5.69 Å². The van der Waals surface area contributed by atoms with E-state index in [-0.39, 0.29) is 6.10 Å². The Bertz CT molecular complexity index is 546. The third-order valence-electron chi connectivity index (χ3n) is 3.52. The molecule has 5 nitrogen and oxygen atoms in total. The van der Waals surface area contributed by atoms with E-state index in [0.717, 1.165) is 36.5 Å². The second kappa shape index (κ2) is 5.40. The molecule has 0 spiro atoms. The number of hydrogen-bond acceptors (Lipinski definition) is 4. The van der Waals surface area contributed by atoms with Gasteiger partial charge < -0.3 is 15.0 Å². The lowest BCUT2D eigenvalue weighted by atomic mass is 10.1. The van der Waals surface area contributed by atoms with Gasteiger partial charge in [-0.1, -0.05) is 0 Å². The maximum absolute atomic E-state index is 6.00. The molecule has 2 N–H and O–H groups in total. The van der Waals surface area contributed by atoms with Gasteiger partial charge in [-0.3, -0.25) is 4.98 Å². The minimum atomic E-state index is 0.277. The number of ether oxygens (including phenoxy) is 1. The third-order valence-corrected chi connectivity index (χ3v) is 3.52. The molecule has 1 atom stereocenters. The topological polar surface area (TPSA) is 66.0 Å². The smallest absolute Gasteiger partial charge is 0.0951 e. The van der Waals surface area contributed by atoms with Crippen molar-refractivity contribution >= 4 is 5.69 Å². The van der Waals surface area contributed by atoms with Gasteiger partial charge in [0.05, 0.1) is 30.9 Å². The van der Waals surface area contributed by atoms with E-state index in [1.165, 1.54) is 12.8 Å². The summed E-state index contributed by atoms with van der Waals surface area (Å²) in [5.41, 5.74) is 8.65. The van der Waals surface area contributed by atoms with E-state index in [1.807, 2.05) is 18.6 Å².